The van der Waals surface area contributed by atoms with Crippen LogP contribution in [0.4, 0.5) is 0 Å². The Kier molecular flexibility index (Phi) is 2.94. The van der Waals surface area contributed by atoms with Gasteiger partial charge in [0.05, 0.1) is 0 Å². The quantitative estimate of drug-likeness (QED) is 0.690. The van der Waals surface area contributed by atoms with E-state index in [2.05, 4.69) is 27.6 Å². The van der Waals surface area contributed by atoms with E-state index in [1.807, 2.05) is 0 Å². The second-order valence-corrected chi connectivity index (χ2v) is 8.68. The molecule has 3 saturated heterocycles. The SMILES string of the molecule is C[SH](C)CN1CC(N2CC3(CCNC3)C2)C1. The first-order chi connectivity index (χ1) is 7.67. The predicted molar refractivity (Wildman–Crippen MR) is 72.6 cm³/mol. The van der Waals surface area contributed by atoms with Crippen molar-refractivity contribution in [1.82, 2.24) is 15.1 Å². The molecule has 0 unspecified atom stereocenters. The first-order valence-electron chi connectivity index (χ1n) is 6.49. The Morgan fingerprint density at radius 3 is 2.62 bits per heavy atom. The van der Waals surface area contributed by atoms with Crippen molar-refractivity contribution in [3.05, 3.63) is 0 Å². The highest BCUT2D eigenvalue weighted by Gasteiger charge is 2.48. The molecular formula is C12H25N3S. The molecule has 0 aliphatic carbocycles. The minimum atomic E-state index is 0.263. The zero-order valence-electron chi connectivity index (χ0n) is 10.6. The maximum Gasteiger partial charge on any atom is 0.0351 e. The average molecular weight is 243 g/mol. The third-order valence-corrected chi connectivity index (χ3v) is 5.31. The third kappa shape index (κ3) is 2.01. The highest BCUT2D eigenvalue weighted by molar-refractivity contribution is 8.15. The van der Waals surface area contributed by atoms with Crippen LogP contribution in [0.15, 0.2) is 0 Å². The number of nitrogens with one attached hydrogen (secondary N) is 1. The lowest BCUT2D eigenvalue weighted by Gasteiger charge is -2.56. The second-order valence-electron chi connectivity index (χ2n) is 6.24. The fourth-order valence-electron chi connectivity index (χ4n) is 3.43. The molecule has 3 aliphatic rings. The number of thiol groups is 1. The minimum Gasteiger partial charge on any atom is -0.316 e. The molecule has 1 spiro atoms. The molecule has 4 heteroatoms. The van der Waals surface area contributed by atoms with Crippen LogP contribution in [-0.2, 0) is 0 Å². The summed E-state index contributed by atoms with van der Waals surface area (Å²) in [6, 6.07) is 0.890. The Morgan fingerprint density at radius 2 is 2.06 bits per heavy atom. The number of likely N-dealkylation sites (tertiary alicyclic amines) is 2. The van der Waals surface area contributed by atoms with Crippen LogP contribution in [0.1, 0.15) is 6.42 Å². The molecule has 3 fully saturated rings. The van der Waals surface area contributed by atoms with Crippen molar-refractivity contribution >= 4 is 10.9 Å². The number of hydrogen-bond donors (Lipinski definition) is 2. The van der Waals surface area contributed by atoms with Gasteiger partial charge in [-0.05, 0) is 25.5 Å². The molecule has 0 aromatic heterocycles. The molecule has 0 aromatic carbocycles. The third-order valence-electron chi connectivity index (χ3n) is 4.35. The van der Waals surface area contributed by atoms with Crippen LogP contribution in [0.25, 0.3) is 0 Å². The van der Waals surface area contributed by atoms with Gasteiger partial charge in [0.2, 0.25) is 0 Å². The van der Waals surface area contributed by atoms with Gasteiger partial charge in [-0.2, -0.15) is 0 Å². The topological polar surface area (TPSA) is 18.5 Å². The fraction of sp³-hybridized carbons (Fsp3) is 1.00. The molecule has 3 rings (SSSR count). The van der Waals surface area contributed by atoms with Crippen molar-refractivity contribution < 1.29 is 0 Å². The molecule has 0 saturated carbocycles. The molecule has 0 amide bonds. The number of nitrogens with zero attached hydrogens (tertiary/aromatic N) is 2. The summed E-state index contributed by atoms with van der Waals surface area (Å²) in [7, 11) is 0.263. The molecule has 0 atom stereocenters. The van der Waals surface area contributed by atoms with Gasteiger partial charge in [0.1, 0.15) is 0 Å². The summed E-state index contributed by atoms with van der Waals surface area (Å²) in [5.41, 5.74) is 0.683. The maximum absolute atomic E-state index is 3.51. The van der Waals surface area contributed by atoms with E-state index in [-0.39, 0.29) is 10.9 Å². The van der Waals surface area contributed by atoms with Gasteiger partial charge < -0.3 is 5.32 Å². The van der Waals surface area contributed by atoms with Gasteiger partial charge >= 0.3 is 0 Å². The highest BCUT2D eigenvalue weighted by atomic mass is 32.2. The molecule has 94 valence electrons. The van der Waals surface area contributed by atoms with Gasteiger partial charge in [0, 0.05) is 50.1 Å². The summed E-state index contributed by atoms with van der Waals surface area (Å²) in [5.74, 6) is 1.35. The lowest BCUT2D eigenvalue weighted by Crippen LogP contribution is -2.69. The number of rotatable bonds is 3. The van der Waals surface area contributed by atoms with Gasteiger partial charge in [-0.25, -0.2) is 10.9 Å². The standard InChI is InChI=1S/C12H25N3S/c1-16(2)10-14-5-11(6-14)15-8-12(9-15)3-4-13-7-12/h11,13,16H,3-10H2,1-2H3. The van der Waals surface area contributed by atoms with Gasteiger partial charge in [0.25, 0.3) is 0 Å². The Balaban J connectivity index is 1.39. The lowest BCUT2D eigenvalue weighted by molar-refractivity contribution is -0.0667. The summed E-state index contributed by atoms with van der Waals surface area (Å²) in [5, 5.41) is 3.51. The smallest absolute Gasteiger partial charge is 0.0351 e. The van der Waals surface area contributed by atoms with E-state index in [9.17, 15) is 0 Å². The van der Waals surface area contributed by atoms with Gasteiger partial charge in [-0.1, -0.05) is 0 Å². The van der Waals surface area contributed by atoms with Crippen molar-refractivity contribution in [3.63, 3.8) is 0 Å². The van der Waals surface area contributed by atoms with Crippen LogP contribution in [-0.4, -0.2) is 73.5 Å². The predicted octanol–water partition coefficient (Wildman–Crippen LogP) is 0.184. The van der Waals surface area contributed by atoms with Crippen molar-refractivity contribution in [2.75, 3.05) is 57.7 Å². The van der Waals surface area contributed by atoms with Crippen molar-refractivity contribution in [2.45, 2.75) is 12.5 Å². The Hall–Kier alpha value is 0.230. The Labute approximate surface area is 102 Å². The van der Waals surface area contributed by atoms with Crippen molar-refractivity contribution in [1.29, 1.82) is 0 Å². The zero-order chi connectivity index (χ0) is 11.2. The van der Waals surface area contributed by atoms with E-state index in [0.717, 1.165) is 6.04 Å². The van der Waals surface area contributed by atoms with Gasteiger partial charge in [-0.15, -0.1) is 0 Å². The second kappa shape index (κ2) is 4.16. The van der Waals surface area contributed by atoms with E-state index in [1.165, 1.54) is 51.6 Å². The van der Waals surface area contributed by atoms with E-state index in [0.29, 0.717) is 5.41 Å². The largest absolute Gasteiger partial charge is 0.316 e. The molecule has 0 radical (unpaired) electrons. The van der Waals surface area contributed by atoms with Crippen LogP contribution in [0.2, 0.25) is 0 Å². The maximum atomic E-state index is 3.51. The summed E-state index contributed by atoms with van der Waals surface area (Å²) < 4.78 is 0. The molecule has 3 aliphatic heterocycles. The van der Waals surface area contributed by atoms with Crippen LogP contribution >= 0.6 is 10.9 Å². The van der Waals surface area contributed by atoms with E-state index < -0.39 is 0 Å². The number of hydrogen-bond acceptors (Lipinski definition) is 3. The van der Waals surface area contributed by atoms with E-state index >= 15 is 0 Å². The Morgan fingerprint density at radius 1 is 1.31 bits per heavy atom. The van der Waals surface area contributed by atoms with Crippen molar-refractivity contribution in [3.8, 4) is 0 Å². The molecule has 3 nitrogen and oxygen atoms in total. The first-order valence-corrected chi connectivity index (χ1v) is 8.91. The molecule has 0 bridgehead atoms. The van der Waals surface area contributed by atoms with Gasteiger partial charge in [-0.3, -0.25) is 9.80 Å². The average Bonchev–Trinajstić information content (AvgIpc) is 2.56. The monoisotopic (exact) mass is 243 g/mol. The first kappa shape index (κ1) is 11.3. The highest BCUT2D eigenvalue weighted by Crippen LogP contribution is 2.39. The van der Waals surface area contributed by atoms with Crippen LogP contribution in [0, 0.1) is 5.41 Å². The van der Waals surface area contributed by atoms with Gasteiger partial charge in [0.15, 0.2) is 0 Å². The van der Waals surface area contributed by atoms with E-state index in [1.54, 1.807) is 0 Å². The molecule has 3 heterocycles. The summed E-state index contributed by atoms with van der Waals surface area (Å²) in [4.78, 5) is 5.35. The van der Waals surface area contributed by atoms with E-state index in [4.69, 9.17) is 0 Å². The molecule has 0 aromatic rings. The minimum absolute atomic E-state index is 0.263. The normalized spacial score (nSPS) is 31.5. The lowest BCUT2D eigenvalue weighted by atomic mass is 9.77. The fourth-order valence-corrected chi connectivity index (χ4v) is 4.46. The summed E-state index contributed by atoms with van der Waals surface area (Å²) in [6.45, 7) is 7.93. The zero-order valence-corrected chi connectivity index (χ0v) is 11.5. The molecule has 16 heavy (non-hydrogen) atoms. The Bertz CT molecular complexity index is 249. The van der Waals surface area contributed by atoms with Crippen LogP contribution < -0.4 is 5.32 Å². The summed E-state index contributed by atoms with van der Waals surface area (Å²) >= 11 is 0. The van der Waals surface area contributed by atoms with Crippen LogP contribution in [0.5, 0.6) is 0 Å². The van der Waals surface area contributed by atoms with Crippen LogP contribution in [0.3, 0.4) is 0 Å². The van der Waals surface area contributed by atoms with Crippen molar-refractivity contribution in [2.24, 2.45) is 5.41 Å². The molecular weight excluding hydrogens is 218 g/mol. The molecule has 1 N–H and O–H groups in total. The summed E-state index contributed by atoms with van der Waals surface area (Å²) in [6.07, 6.45) is 6.17.